The topological polar surface area (TPSA) is 59.9 Å². The lowest BCUT2D eigenvalue weighted by molar-refractivity contribution is 0.0955. The number of carbonyl (C=O) groups is 1. The van der Waals surface area contributed by atoms with Crippen LogP contribution in [0.5, 0.6) is 11.5 Å². The van der Waals surface area contributed by atoms with Crippen LogP contribution in [0.2, 0.25) is 0 Å². The van der Waals surface area contributed by atoms with Crippen molar-refractivity contribution in [1.82, 2.24) is 5.43 Å². The summed E-state index contributed by atoms with van der Waals surface area (Å²) in [4.78, 5) is 12.2. The second kappa shape index (κ2) is 11.2. The van der Waals surface area contributed by atoms with Gasteiger partial charge in [-0.3, -0.25) is 4.79 Å². The van der Waals surface area contributed by atoms with Crippen molar-refractivity contribution in [3.63, 3.8) is 0 Å². The van der Waals surface area contributed by atoms with Gasteiger partial charge in [-0.05, 0) is 75.9 Å². The standard InChI is InChI=1S/C24H23BrN2O3/c1-2-14-29-21-11-9-20(10-12-21)24(28)27-26-16-19-8-13-23(22(25)15-19)30-17-18-6-4-3-5-7-18/h3-13,15-16H,2,14,17H2,1H3,(H,27,28)/b26-16+. The number of ether oxygens (including phenoxy) is 2. The maximum absolute atomic E-state index is 12.2. The molecule has 6 heteroatoms. The number of halogens is 1. The van der Waals surface area contributed by atoms with Crippen LogP contribution in [0.15, 0.2) is 82.4 Å². The summed E-state index contributed by atoms with van der Waals surface area (Å²) in [5.41, 5.74) is 4.98. The predicted molar refractivity (Wildman–Crippen MR) is 122 cm³/mol. The van der Waals surface area contributed by atoms with Crippen LogP contribution in [-0.2, 0) is 6.61 Å². The van der Waals surface area contributed by atoms with Crippen molar-refractivity contribution in [3.05, 3.63) is 94.0 Å². The number of nitrogens with zero attached hydrogens (tertiary/aromatic N) is 1. The van der Waals surface area contributed by atoms with E-state index in [1.54, 1.807) is 30.5 Å². The van der Waals surface area contributed by atoms with Crippen LogP contribution in [0.3, 0.4) is 0 Å². The number of amides is 1. The third-order valence-corrected chi connectivity index (χ3v) is 4.78. The summed E-state index contributed by atoms with van der Waals surface area (Å²) in [6.07, 6.45) is 2.52. The van der Waals surface area contributed by atoms with Gasteiger partial charge < -0.3 is 9.47 Å². The molecule has 0 aliphatic carbocycles. The fourth-order valence-corrected chi connectivity index (χ4v) is 3.11. The van der Waals surface area contributed by atoms with Crippen LogP contribution >= 0.6 is 15.9 Å². The van der Waals surface area contributed by atoms with E-state index in [0.29, 0.717) is 18.8 Å². The molecule has 154 valence electrons. The van der Waals surface area contributed by atoms with Crippen LogP contribution in [0, 0.1) is 0 Å². The minimum absolute atomic E-state index is 0.282. The molecule has 0 aliphatic rings. The molecule has 0 aromatic heterocycles. The van der Waals surface area contributed by atoms with Gasteiger partial charge in [0.25, 0.3) is 5.91 Å². The minimum atomic E-state index is -0.282. The number of benzene rings is 3. The Morgan fingerprint density at radius 3 is 2.50 bits per heavy atom. The van der Waals surface area contributed by atoms with E-state index in [2.05, 4.69) is 26.5 Å². The van der Waals surface area contributed by atoms with Crippen molar-refractivity contribution >= 4 is 28.1 Å². The smallest absolute Gasteiger partial charge is 0.271 e. The number of hydrogen-bond donors (Lipinski definition) is 1. The van der Waals surface area contributed by atoms with Crippen molar-refractivity contribution in [3.8, 4) is 11.5 Å². The highest BCUT2D eigenvalue weighted by Crippen LogP contribution is 2.26. The van der Waals surface area contributed by atoms with E-state index in [0.717, 1.165) is 33.5 Å². The van der Waals surface area contributed by atoms with Gasteiger partial charge in [-0.2, -0.15) is 5.10 Å². The largest absolute Gasteiger partial charge is 0.494 e. The summed E-state index contributed by atoms with van der Waals surface area (Å²) in [6.45, 7) is 3.19. The zero-order chi connectivity index (χ0) is 21.2. The molecule has 0 aliphatic heterocycles. The second-order valence-electron chi connectivity index (χ2n) is 6.54. The molecular formula is C24H23BrN2O3. The summed E-state index contributed by atoms with van der Waals surface area (Å²) in [6, 6.07) is 22.6. The fourth-order valence-electron chi connectivity index (χ4n) is 2.60. The Balaban J connectivity index is 1.53. The van der Waals surface area contributed by atoms with Gasteiger partial charge in [-0.25, -0.2) is 5.43 Å². The first-order chi connectivity index (χ1) is 14.7. The Morgan fingerprint density at radius 2 is 1.80 bits per heavy atom. The monoisotopic (exact) mass is 466 g/mol. The number of nitrogens with one attached hydrogen (secondary N) is 1. The molecule has 0 radical (unpaired) electrons. The lowest BCUT2D eigenvalue weighted by Gasteiger charge is -2.09. The first-order valence-electron chi connectivity index (χ1n) is 9.68. The highest BCUT2D eigenvalue weighted by atomic mass is 79.9. The molecule has 0 heterocycles. The van der Waals surface area contributed by atoms with Crippen LogP contribution in [-0.4, -0.2) is 18.7 Å². The Bertz CT molecular complexity index is 989. The van der Waals surface area contributed by atoms with Gasteiger partial charge in [0.05, 0.1) is 17.3 Å². The van der Waals surface area contributed by atoms with E-state index in [-0.39, 0.29) is 5.91 Å². The Labute approximate surface area is 184 Å². The highest BCUT2D eigenvalue weighted by molar-refractivity contribution is 9.10. The van der Waals surface area contributed by atoms with E-state index in [1.165, 1.54) is 0 Å². The molecule has 3 aromatic carbocycles. The van der Waals surface area contributed by atoms with Crippen LogP contribution in [0.4, 0.5) is 0 Å². The van der Waals surface area contributed by atoms with Gasteiger partial charge in [0.2, 0.25) is 0 Å². The molecule has 3 aromatic rings. The van der Waals surface area contributed by atoms with Crippen molar-refractivity contribution in [2.45, 2.75) is 20.0 Å². The summed E-state index contributed by atoms with van der Waals surface area (Å²) in [5.74, 6) is 1.21. The summed E-state index contributed by atoms with van der Waals surface area (Å²) >= 11 is 3.52. The van der Waals surface area contributed by atoms with E-state index in [1.807, 2.05) is 55.5 Å². The molecule has 1 N–H and O–H groups in total. The third kappa shape index (κ3) is 6.46. The molecule has 0 spiro atoms. The molecule has 0 atom stereocenters. The lowest BCUT2D eigenvalue weighted by Crippen LogP contribution is -2.17. The molecule has 30 heavy (non-hydrogen) atoms. The summed E-state index contributed by atoms with van der Waals surface area (Å²) in [7, 11) is 0. The van der Waals surface area contributed by atoms with Crippen molar-refractivity contribution in [2.75, 3.05) is 6.61 Å². The maximum atomic E-state index is 12.2. The fraction of sp³-hybridized carbons (Fsp3) is 0.167. The van der Waals surface area contributed by atoms with E-state index >= 15 is 0 Å². The van der Waals surface area contributed by atoms with Gasteiger partial charge in [0.1, 0.15) is 18.1 Å². The summed E-state index contributed by atoms with van der Waals surface area (Å²) in [5, 5.41) is 4.04. The molecule has 3 rings (SSSR count). The molecule has 5 nitrogen and oxygen atoms in total. The zero-order valence-electron chi connectivity index (χ0n) is 16.7. The van der Waals surface area contributed by atoms with Gasteiger partial charge in [-0.1, -0.05) is 37.3 Å². The zero-order valence-corrected chi connectivity index (χ0v) is 18.3. The average Bonchev–Trinajstić information content (AvgIpc) is 2.78. The normalized spacial score (nSPS) is 10.7. The molecule has 0 fully saturated rings. The van der Waals surface area contributed by atoms with Gasteiger partial charge in [-0.15, -0.1) is 0 Å². The summed E-state index contributed by atoms with van der Waals surface area (Å²) < 4.78 is 12.2. The van der Waals surface area contributed by atoms with E-state index in [9.17, 15) is 4.79 Å². The quantitative estimate of drug-likeness (QED) is 0.330. The molecule has 0 saturated carbocycles. The molecule has 0 unspecified atom stereocenters. The highest BCUT2D eigenvalue weighted by Gasteiger charge is 2.05. The minimum Gasteiger partial charge on any atom is -0.494 e. The molecule has 0 bridgehead atoms. The van der Waals surface area contributed by atoms with Crippen molar-refractivity contribution in [1.29, 1.82) is 0 Å². The number of hydrazone groups is 1. The van der Waals surface area contributed by atoms with Crippen molar-refractivity contribution < 1.29 is 14.3 Å². The average molecular weight is 467 g/mol. The SMILES string of the molecule is CCCOc1ccc(C(=O)N/N=C/c2ccc(OCc3ccccc3)c(Br)c2)cc1. The first kappa shape index (κ1) is 21.6. The second-order valence-corrected chi connectivity index (χ2v) is 7.39. The van der Waals surface area contributed by atoms with Gasteiger partial charge in [0.15, 0.2) is 0 Å². The van der Waals surface area contributed by atoms with Gasteiger partial charge >= 0.3 is 0 Å². The molecule has 1 amide bonds. The van der Waals surface area contributed by atoms with Crippen molar-refractivity contribution in [2.24, 2.45) is 5.10 Å². The molecule has 0 saturated heterocycles. The predicted octanol–water partition coefficient (Wildman–Crippen LogP) is 5.58. The van der Waals surface area contributed by atoms with E-state index in [4.69, 9.17) is 9.47 Å². The Morgan fingerprint density at radius 1 is 1.03 bits per heavy atom. The third-order valence-electron chi connectivity index (χ3n) is 4.16. The Kier molecular flexibility index (Phi) is 8.03. The van der Waals surface area contributed by atoms with Gasteiger partial charge in [0, 0.05) is 5.56 Å². The lowest BCUT2D eigenvalue weighted by atomic mass is 10.2. The maximum Gasteiger partial charge on any atom is 0.271 e. The van der Waals surface area contributed by atoms with Crippen LogP contribution in [0.25, 0.3) is 0 Å². The number of rotatable bonds is 9. The number of carbonyl (C=O) groups excluding carboxylic acids is 1. The Hall–Kier alpha value is -3.12. The number of hydrogen-bond acceptors (Lipinski definition) is 4. The molecular weight excluding hydrogens is 444 g/mol. The van der Waals surface area contributed by atoms with E-state index < -0.39 is 0 Å². The van der Waals surface area contributed by atoms with Crippen LogP contribution in [0.1, 0.15) is 34.8 Å². The van der Waals surface area contributed by atoms with Crippen LogP contribution < -0.4 is 14.9 Å². The first-order valence-corrected chi connectivity index (χ1v) is 10.5.